The molecule has 0 bridgehead atoms. The van der Waals surface area contributed by atoms with Gasteiger partial charge >= 0.3 is 11.7 Å². The summed E-state index contributed by atoms with van der Waals surface area (Å²) in [5.74, 6) is -0.727. The summed E-state index contributed by atoms with van der Waals surface area (Å²) in [4.78, 5) is 45.4. The van der Waals surface area contributed by atoms with Crippen LogP contribution < -0.4 is 22.3 Å². The van der Waals surface area contributed by atoms with Gasteiger partial charge in [0.05, 0.1) is 11.0 Å². The maximum Gasteiger partial charge on any atom is 0.349 e. The second-order valence-electron chi connectivity index (χ2n) is 7.42. The standard InChI is InChI=1S/C20H26N6O4/c1-11-9-14-15(10-12(11)2)26(17-16(23-14)18(27)25-20(30)24-17)8-7-22-6-4-3-5-13(21)19(28)29/h9-10,13,22H,3-8,21H2,1-2H3,(H,28,29)(H,25,27,30)/t13-/m0/s1. The molecule has 30 heavy (non-hydrogen) atoms. The molecule has 10 nitrogen and oxygen atoms in total. The molecule has 0 fully saturated rings. The van der Waals surface area contributed by atoms with Crippen LogP contribution in [0.25, 0.3) is 22.6 Å². The first-order valence-corrected chi connectivity index (χ1v) is 9.89. The van der Waals surface area contributed by atoms with Gasteiger partial charge in [-0.1, -0.05) is 6.42 Å². The van der Waals surface area contributed by atoms with E-state index in [1.165, 1.54) is 0 Å². The molecule has 0 aliphatic carbocycles. The lowest BCUT2D eigenvalue weighted by molar-refractivity contribution is -0.138. The van der Waals surface area contributed by atoms with Crippen molar-refractivity contribution >= 4 is 17.0 Å². The Hall–Kier alpha value is -3.11. The number of benzene rings is 1. The first-order chi connectivity index (χ1) is 14.3. The number of nitrogens with two attached hydrogens (primary N) is 1. The highest BCUT2D eigenvalue weighted by molar-refractivity contribution is 5.81. The van der Waals surface area contributed by atoms with E-state index in [4.69, 9.17) is 10.8 Å². The largest absolute Gasteiger partial charge is 0.480 e. The topological polar surface area (TPSA) is 156 Å². The number of aryl methyl sites for hydroxylation is 2. The van der Waals surface area contributed by atoms with E-state index in [2.05, 4.69) is 20.3 Å². The Bertz CT molecular complexity index is 1150. The number of unbranched alkanes of at least 4 members (excludes halogenated alkanes) is 1. The number of carbonyl (C=O) groups is 1. The number of fused-ring (bicyclic) bond motifs is 2. The molecule has 0 amide bonds. The van der Waals surface area contributed by atoms with Gasteiger partial charge < -0.3 is 20.7 Å². The average molecular weight is 414 g/mol. The van der Waals surface area contributed by atoms with Gasteiger partial charge in [-0.3, -0.25) is 14.6 Å². The Morgan fingerprint density at radius 1 is 1.20 bits per heavy atom. The van der Waals surface area contributed by atoms with Crippen LogP contribution in [0.15, 0.2) is 21.7 Å². The normalized spacial score (nSPS) is 12.5. The van der Waals surface area contributed by atoms with Gasteiger partial charge in [-0.2, -0.15) is 4.98 Å². The predicted octanol–water partition coefficient (Wildman–Crippen LogP) is 0.373. The van der Waals surface area contributed by atoms with Crippen LogP contribution in [0.2, 0.25) is 0 Å². The second kappa shape index (κ2) is 9.14. The molecule has 0 saturated carbocycles. The number of aromatic nitrogens is 4. The van der Waals surface area contributed by atoms with Gasteiger partial charge in [-0.05, 0) is 56.5 Å². The molecule has 0 saturated heterocycles. The zero-order valence-corrected chi connectivity index (χ0v) is 17.1. The van der Waals surface area contributed by atoms with E-state index >= 15 is 0 Å². The van der Waals surface area contributed by atoms with Gasteiger partial charge in [-0.25, -0.2) is 9.78 Å². The molecule has 3 rings (SSSR count). The smallest absolute Gasteiger partial charge is 0.349 e. The van der Waals surface area contributed by atoms with Gasteiger partial charge in [0.2, 0.25) is 0 Å². The van der Waals surface area contributed by atoms with E-state index in [0.717, 1.165) is 23.1 Å². The van der Waals surface area contributed by atoms with Crippen molar-refractivity contribution in [2.75, 3.05) is 13.1 Å². The first-order valence-electron chi connectivity index (χ1n) is 9.89. The summed E-state index contributed by atoms with van der Waals surface area (Å²) in [6.45, 7) is 5.74. The molecule has 1 aromatic carbocycles. The molecule has 2 aliphatic rings. The predicted molar refractivity (Wildman–Crippen MR) is 113 cm³/mol. The second-order valence-corrected chi connectivity index (χ2v) is 7.42. The number of nitrogens with one attached hydrogen (secondary N) is 2. The summed E-state index contributed by atoms with van der Waals surface area (Å²) in [5.41, 5.74) is 7.98. The summed E-state index contributed by atoms with van der Waals surface area (Å²) >= 11 is 0. The zero-order chi connectivity index (χ0) is 21.8. The highest BCUT2D eigenvalue weighted by Crippen LogP contribution is 2.23. The fraction of sp³-hybridized carbons (Fsp3) is 0.450. The van der Waals surface area contributed by atoms with E-state index in [0.29, 0.717) is 38.0 Å². The number of aromatic amines is 1. The van der Waals surface area contributed by atoms with E-state index in [-0.39, 0.29) is 11.5 Å². The number of carboxylic acid groups (broad SMARTS) is 1. The molecule has 0 spiro atoms. The summed E-state index contributed by atoms with van der Waals surface area (Å²) < 4.78 is 1.84. The highest BCUT2D eigenvalue weighted by Gasteiger charge is 2.19. The van der Waals surface area contributed by atoms with Crippen LogP contribution in [-0.4, -0.2) is 49.7 Å². The molecular weight excluding hydrogens is 388 g/mol. The molecule has 10 heteroatoms. The Kier molecular flexibility index (Phi) is 6.58. The summed E-state index contributed by atoms with van der Waals surface area (Å²) in [7, 11) is 0. The molecule has 160 valence electrons. The third kappa shape index (κ3) is 4.71. The zero-order valence-electron chi connectivity index (χ0n) is 17.1. The van der Waals surface area contributed by atoms with Crippen molar-refractivity contribution in [2.45, 2.75) is 45.7 Å². The molecule has 1 aromatic rings. The average Bonchev–Trinajstić information content (AvgIpc) is 2.68. The minimum atomic E-state index is -0.985. The van der Waals surface area contributed by atoms with Crippen molar-refractivity contribution < 1.29 is 9.90 Å². The lowest BCUT2D eigenvalue weighted by Crippen LogP contribution is -2.31. The number of nitrogens with zero attached hydrogens (tertiary/aromatic N) is 3. The Morgan fingerprint density at radius 3 is 2.67 bits per heavy atom. The molecular formula is C20H26N6O4. The van der Waals surface area contributed by atoms with Crippen molar-refractivity contribution in [1.29, 1.82) is 0 Å². The number of hydrogen-bond acceptors (Lipinski definition) is 7. The summed E-state index contributed by atoms with van der Waals surface area (Å²) in [6.07, 6.45) is 1.94. The maximum atomic E-state index is 12.3. The van der Waals surface area contributed by atoms with Gasteiger partial charge in [0, 0.05) is 13.1 Å². The minimum Gasteiger partial charge on any atom is -0.480 e. The fourth-order valence-corrected chi connectivity index (χ4v) is 3.33. The number of H-pyrrole nitrogens is 1. The van der Waals surface area contributed by atoms with Gasteiger partial charge in [0.1, 0.15) is 6.04 Å². The number of aliphatic carboxylic acids is 1. The summed E-state index contributed by atoms with van der Waals surface area (Å²) in [5, 5.41) is 12.1. The van der Waals surface area contributed by atoms with Crippen LogP contribution in [0.1, 0.15) is 30.4 Å². The Balaban J connectivity index is 1.78. The molecule has 0 radical (unpaired) electrons. The molecule has 1 atom stereocenters. The summed E-state index contributed by atoms with van der Waals surface area (Å²) in [6, 6.07) is 3.08. The monoisotopic (exact) mass is 414 g/mol. The number of rotatable bonds is 9. The number of carboxylic acids is 1. The maximum absolute atomic E-state index is 12.3. The Labute approximate surface area is 172 Å². The quantitative estimate of drug-likeness (QED) is 0.289. The van der Waals surface area contributed by atoms with Crippen molar-refractivity contribution in [2.24, 2.45) is 5.73 Å². The molecule has 5 N–H and O–H groups in total. The van der Waals surface area contributed by atoms with Gasteiger partial charge in [0.25, 0.3) is 5.56 Å². The van der Waals surface area contributed by atoms with Crippen LogP contribution in [0, 0.1) is 13.8 Å². The van der Waals surface area contributed by atoms with Gasteiger partial charge in [0.15, 0.2) is 11.5 Å². The van der Waals surface area contributed by atoms with Crippen LogP contribution in [-0.2, 0) is 11.3 Å². The molecule has 0 unspecified atom stereocenters. The van der Waals surface area contributed by atoms with Crippen molar-refractivity contribution in [1.82, 2.24) is 24.8 Å². The lowest BCUT2D eigenvalue weighted by atomic mass is 10.1. The van der Waals surface area contributed by atoms with Crippen LogP contribution in [0.3, 0.4) is 0 Å². The van der Waals surface area contributed by atoms with E-state index in [9.17, 15) is 14.4 Å². The SMILES string of the molecule is Cc1cc2nc3c(=O)[nH]c(=O)nc-3n(CCNCCCC[C@H](N)C(=O)O)c2cc1C. The van der Waals surface area contributed by atoms with Crippen LogP contribution in [0.4, 0.5) is 0 Å². The third-order valence-corrected chi connectivity index (χ3v) is 5.17. The lowest BCUT2D eigenvalue weighted by Gasteiger charge is -2.18. The van der Waals surface area contributed by atoms with Crippen LogP contribution in [0.5, 0.6) is 0 Å². The molecule has 2 heterocycles. The van der Waals surface area contributed by atoms with E-state index in [1.54, 1.807) is 0 Å². The van der Waals surface area contributed by atoms with Crippen molar-refractivity contribution in [3.8, 4) is 11.5 Å². The Morgan fingerprint density at radius 2 is 1.93 bits per heavy atom. The fourth-order valence-electron chi connectivity index (χ4n) is 3.33. The third-order valence-electron chi connectivity index (χ3n) is 5.17. The van der Waals surface area contributed by atoms with E-state index in [1.807, 2.05) is 30.5 Å². The highest BCUT2D eigenvalue weighted by atomic mass is 16.4. The molecule has 2 aliphatic heterocycles. The van der Waals surface area contributed by atoms with Crippen molar-refractivity contribution in [3.63, 3.8) is 0 Å². The van der Waals surface area contributed by atoms with Gasteiger partial charge in [-0.15, -0.1) is 0 Å². The van der Waals surface area contributed by atoms with E-state index < -0.39 is 23.3 Å². The minimum absolute atomic E-state index is 0.132. The first kappa shape index (κ1) is 21.6. The molecule has 0 aromatic heterocycles. The van der Waals surface area contributed by atoms with Crippen LogP contribution >= 0.6 is 0 Å². The number of hydrogen-bond donors (Lipinski definition) is 4. The van der Waals surface area contributed by atoms with Crippen molar-refractivity contribution in [3.05, 3.63) is 44.1 Å².